The van der Waals surface area contributed by atoms with Gasteiger partial charge in [0, 0.05) is 22.5 Å². The van der Waals surface area contributed by atoms with E-state index in [4.69, 9.17) is 0 Å². The van der Waals surface area contributed by atoms with Crippen molar-refractivity contribution >= 4 is 28.6 Å². The minimum atomic E-state index is -0.750. The zero-order chi connectivity index (χ0) is 18.6. The number of hydrogen-bond donors (Lipinski definition) is 4. The van der Waals surface area contributed by atoms with Gasteiger partial charge in [0.15, 0.2) is 0 Å². The topological polar surface area (TPSA) is 103 Å². The smallest absolute Gasteiger partial charge is 0.260 e. The van der Waals surface area contributed by atoms with Crippen LogP contribution >= 0.6 is 0 Å². The molecule has 1 atom stereocenters. The number of nitrogens with one attached hydrogen (secondary N) is 4. The highest BCUT2D eigenvalue weighted by Gasteiger charge is 2.25. The first kappa shape index (κ1) is 18.5. The Kier molecular flexibility index (Phi) is 5.46. The van der Waals surface area contributed by atoms with Crippen molar-refractivity contribution in [1.29, 1.82) is 0 Å². The van der Waals surface area contributed by atoms with Gasteiger partial charge in [-0.05, 0) is 18.6 Å². The summed E-state index contributed by atoms with van der Waals surface area (Å²) in [4.78, 5) is 39.0. The lowest BCUT2D eigenvalue weighted by Gasteiger charge is -2.21. The highest BCUT2D eigenvalue weighted by molar-refractivity contribution is 5.92. The number of aromatic nitrogens is 1. The largest absolute Gasteiger partial charge is 0.361 e. The molecule has 1 aromatic carbocycles. The van der Waals surface area contributed by atoms with E-state index >= 15 is 0 Å². The maximum absolute atomic E-state index is 12.0. The lowest BCUT2D eigenvalue weighted by Crippen LogP contribution is -2.53. The van der Waals surface area contributed by atoms with Crippen LogP contribution in [-0.2, 0) is 20.8 Å². The number of rotatable bonds is 4. The average Bonchev–Trinajstić information content (AvgIpc) is 2.94. The number of aromatic amines is 1. The second-order valence-electron chi connectivity index (χ2n) is 7.02. The zero-order valence-corrected chi connectivity index (χ0v) is 14.9. The van der Waals surface area contributed by atoms with Crippen molar-refractivity contribution in [1.82, 2.24) is 21.2 Å². The van der Waals surface area contributed by atoms with Crippen LogP contribution in [0.2, 0.25) is 0 Å². The van der Waals surface area contributed by atoms with Crippen LogP contribution in [0.5, 0.6) is 0 Å². The molecular weight excluding hydrogens is 320 g/mol. The Balaban J connectivity index is 1.85. The Bertz CT molecular complexity index is 789. The number of hydrogen-bond acceptors (Lipinski definition) is 3. The molecule has 0 saturated heterocycles. The van der Waals surface area contributed by atoms with Crippen LogP contribution in [0.1, 0.15) is 33.3 Å². The third-order valence-electron chi connectivity index (χ3n) is 3.77. The van der Waals surface area contributed by atoms with Gasteiger partial charge in [0.2, 0.25) is 11.8 Å². The number of fused-ring (bicyclic) bond motifs is 1. The first-order chi connectivity index (χ1) is 11.7. The highest BCUT2D eigenvalue weighted by Crippen LogP contribution is 2.17. The molecule has 0 fully saturated rings. The number of amides is 3. The molecule has 1 aromatic heterocycles. The second-order valence-corrected chi connectivity index (χ2v) is 7.02. The Labute approximate surface area is 146 Å². The Morgan fingerprint density at radius 3 is 2.48 bits per heavy atom. The predicted octanol–water partition coefficient (Wildman–Crippen LogP) is 1.41. The number of H-pyrrole nitrogens is 1. The van der Waals surface area contributed by atoms with Crippen LogP contribution in [0.15, 0.2) is 30.5 Å². The van der Waals surface area contributed by atoms with Gasteiger partial charge in [-0.1, -0.05) is 39.0 Å². The molecule has 2 aromatic rings. The Morgan fingerprint density at radius 1 is 1.12 bits per heavy atom. The summed E-state index contributed by atoms with van der Waals surface area (Å²) < 4.78 is 0. The maximum Gasteiger partial charge on any atom is 0.260 e. The molecule has 7 heteroatoms. The van der Waals surface area contributed by atoms with Crippen LogP contribution < -0.4 is 16.2 Å². The molecule has 134 valence electrons. The van der Waals surface area contributed by atoms with E-state index in [0.29, 0.717) is 0 Å². The fourth-order valence-corrected chi connectivity index (χ4v) is 2.21. The van der Waals surface area contributed by atoms with Gasteiger partial charge in [0.1, 0.15) is 6.04 Å². The van der Waals surface area contributed by atoms with Crippen LogP contribution in [0.3, 0.4) is 0 Å². The van der Waals surface area contributed by atoms with E-state index in [2.05, 4.69) is 21.2 Å². The monoisotopic (exact) mass is 344 g/mol. The van der Waals surface area contributed by atoms with Crippen molar-refractivity contribution in [3.05, 3.63) is 36.0 Å². The molecule has 25 heavy (non-hydrogen) atoms. The molecule has 3 amide bonds. The van der Waals surface area contributed by atoms with Crippen LogP contribution in [0, 0.1) is 5.41 Å². The fraction of sp³-hybridized carbons (Fsp3) is 0.389. The molecule has 0 saturated carbocycles. The molecule has 1 unspecified atom stereocenters. The zero-order valence-electron chi connectivity index (χ0n) is 14.9. The molecular formula is C18H24N4O3. The molecule has 0 spiro atoms. The third kappa shape index (κ3) is 4.82. The summed E-state index contributed by atoms with van der Waals surface area (Å²) in [6, 6.07) is 6.92. The van der Waals surface area contributed by atoms with E-state index in [0.717, 1.165) is 16.5 Å². The quantitative estimate of drug-likeness (QED) is 0.631. The minimum absolute atomic E-state index is 0.132. The van der Waals surface area contributed by atoms with Crippen molar-refractivity contribution < 1.29 is 14.4 Å². The number of para-hydroxylation sites is 1. The van der Waals surface area contributed by atoms with E-state index in [-0.39, 0.29) is 18.2 Å². The molecule has 4 N–H and O–H groups in total. The van der Waals surface area contributed by atoms with Crippen molar-refractivity contribution in [3.8, 4) is 0 Å². The Hall–Kier alpha value is -2.83. The van der Waals surface area contributed by atoms with Crippen molar-refractivity contribution in [2.24, 2.45) is 5.41 Å². The van der Waals surface area contributed by atoms with Gasteiger partial charge >= 0.3 is 0 Å². The summed E-state index contributed by atoms with van der Waals surface area (Å²) in [5.74, 6) is -1.06. The van der Waals surface area contributed by atoms with Crippen molar-refractivity contribution in [2.45, 2.75) is 40.2 Å². The molecule has 2 rings (SSSR count). The first-order valence-electron chi connectivity index (χ1n) is 8.13. The van der Waals surface area contributed by atoms with E-state index in [1.54, 1.807) is 33.9 Å². The van der Waals surface area contributed by atoms with Gasteiger partial charge in [-0.2, -0.15) is 0 Å². The number of hydrazine groups is 1. The summed E-state index contributed by atoms with van der Waals surface area (Å²) in [5, 5.41) is 3.57. The number of benzene rings is 1. The molecule has 0 aliphatic rings. The maximum atomic E-state index is 12.0. The van der Waals surface area contributed by atoms with Gasteiger partial charge in [-0.3, -0.25) is 25.2 Å². The molecule has 7 nitrogen and oxygen atoms in total. The van der Waals surface area contributed by atoms with Crippen molar-refractivity contribution in [2.75, 3.05) is 0 Å². The molecule has 1 heterocycles. The predicted molar refractivity (Wildman–Crippen MR) is 95.3 cm³/mol. The van der Waals surface area contributed by atoms with Crippen LogP contribution in [0.25, 0.3) is 10.9 Å². The van der Waals surface area contributed by atoms with E-state index in [1.165, 1.54) is 0 Å². The summed E-state index contributed by atoms with van der Waals surface area (Å²) in [6.07, 6.45) is 1.91. The molecule has 0 aliphatic heterocycles. The third-order valence-corrected chi connectivity index (χ3v) is 3.77. The normalized spacial score (nSPS) is 12.5. The van der Waals surface area contributed by atoms with E-state index < -0.39 is 17.4 Å². The van der Waals surface area contributed by atoms with E-state index in [9.17, 15) is 14.4 Å². The summed E-state index contributed by atoms with van der Waals surface area (Å²) in [7, 11) is 0. The number of carbonyl (C=O) groups excluding carboxylic acids is 3. The molecule has 0 bridgehead atoms. The van der Waals surface area contributed by atoms with E-state index in [1.807, 2.05) is 24.3 Å². The SMILES string of the molecule is CC(NC(=O)C(C)(C)C)C(=O)NNC(=O)Cc1c[nH]c2ccccc12. The summed E-state index contributed by atoms with van der Waals surface area (Å²) in [6.45, 7) is 6.84. The van der Waals surface area contributed by atoms with Gasteiger partial charge in [-0.25, -0.2) is 0 Å². The summed E-state index contributed by atoms with van der Waals surface area (Å²) >= 11 is 0. The Morgan fingerprint density at radius 2 is 1.80 bits per heavy atom. The fourth-order valence-electron chi connectivity index (χ4n) is 2.21. The van der Waals surface area contributed by atoms with Crippen molar-refractivity contribution in [3.63, 3.8) is 0 Å². The highest BCUT2D eigenvalue weighted by atomic mass is 16.2. The van der Waals surface area contributed by atoms with Crippen LogP contribution in [-0.4, -0.2) is 28.7 Å². The van der Waals surface area contributed by atoms with Gasteiger partial charge < -0.3 is 10.3 Å². The lowest BCUT2D eigenvalue weighted by molar-refractivity contribution is -0.134. The standard InChI is InChI=1S/C18H24N4O3/c1-11(20-17(25)18(2,3)4)16(24)22-21-15(23)9-12-10-19-14-8-6-5-7-13(12)14/h5-8,10-11,19H,9H2,1-4H3,(H,20,25)(H,21,23)(H,22,24). The molecule has 0 aliphatic carbocycles. The van der Waals surface area contributed by atoms with Crippen LogP contribution in [0.4, 0.5) is 0 Å². The van der Waals surface area contributed by atoms with Gasteiger partial charge in [0.05, 0.1) is 6.42 Å². The summed E-state index contributed by atoms with van der Waals surface area (Å²) in [5.41, 5.74) is 5.92. The minimum Gasteiger partial charge on any atom is -0.361 e. The number of carbonyl (C=O) groups is 3. The lowest BCUT2D eigenvalue weighted by atomic mass is 9.95. The first-order valence-corrected chi connectivity index (χ1v) is 8.13. The molecule has 0 radical (unpaired) electrons. The van der Waals surface area contributed by atoms with Gasteiger partial charge in [0.25, 0.3) is 5.91 Å². The van der Waals surface area contributed by atoms with Gasteiger partial charge in [-0.15, -0.1) is 0 Å². The average molecular weight is 344 g/mol. The second kappa shape index (κ2) is 7.38.